The van der Waals surface area contributed by atoms with Crippen LogP contribution in [0.1, 0.15) is 84.0 Å². The standard InChI is InChI=1S/C16H30O/c1-2-9-15(17)16(12-7-4-8-13-16)14-10-5-3-6-11-14/h14-15,17H,2-13H2,1H3. The summed E-state index contributed by atoms with van der Waals surface area (Å²) in [5.74, 6) is 0.832. The summed E-state index contributed by atoms with van der Waals surface area (Å²) in [7, 11) is 0. The van der Waals surface area contributed by atoms with Crippen LogP contribution in [0.15, 0.2) is 0 Å². The normalized spacial score (nSPS) is 27.9. The van der Waals surface area contributed by atoms with Gasteiger partial charge in [0.05, 0.1) is 6.10 Å². The van der Waals surface area contributed by atoms with Crippen LogP contribution in [0.5, 0.6) is 0 Å². The Morgan fingerprint density at radius 3 is 2.18 bits per heavy atom. The second kappa shape index (κ2) is 6.22. The van der Waals surface area contributed by atoms with E-state index in [9.17, 15) is 5.11 Å². The minimum Gasteiger partial charge on any atom is -0.393 e. The highest BCUT2D eigenvalue weighted by Crippen LogP contribution is 2.51. The molecule has 0 bridgehead atoms. The number of aliphatic hydroxyl groups excluding tert-OH is 1. The molecule has 1 heteroatoms. The van der Waals surface area contributed by atoms with Gasteiger partial charge in [-0.3, -0.25) is 0 Å². The molecule has 17 heavy (non-hydrogen) atoms. The van der Waals surface area contributed by atoms with E-state index in [1.54, 1.807) is 0 Å². The van der Waals surface area contributed by atoms with Gasteiger partial charge in [0.25, 0.3) is 0 Å². The smallest absolute Gasteiger partial charge is 0.0599 e. The summed E-state index contributed by atoms with van der Waals surface area (Å²) in [5.41, 5.74) is 0.314. The lowest BCUT2D eigenvalue weighted by atomic mass is 9.58. The Morgan fingerprint density at radius 2 is 1.59 bits per heavy atom. The van der Waals surface area contributed by atoms with Crippen LogP contribution in [0.25, 0.3) is 0 Å². The highest BCUT2D eigenvalue weighted by molar-refractivity contribution is 4.95. The van der Waals surface area contributed by atoms with Crippen molar-refractivity contribution in [2.45, 2.75) is 90.1 Å². The van der Waals surface area contributed by atoms with Crippen molar-refractivity contribution in [3.8, 4) is 0 Å². The molecule has 0 amide bonds. The highest BCUT2D eigenvalue weighted by atomic mass is 16.3. The molecule has 0 radical (unpaired) electrons. The number of hydrogen-bond donors (Lipinski definition) is 1. The van der Waals surface area contributed by atoms with E-state index in [-0.39, 0.29) is 6.10 Å². The van der Waals surface area contributed by atoms with Crippen LogP contribution in [0.3, 0.4) is 0 Å². The Bertz CT molecular complexity index is 212. The molecule has 0 aromatic heterocycles. The summed E-state index contributed by atoms with van der Waals surface area (Å²) >= 11 is 0. The molecule has 2 fully saturated rings. The molecule has 2 rings (SSSR count). The number of hydrogen-bond acceptors (Lipinski definition) is 1. The van der Waals surface area contributed by atoms with Crippen molar-refractivity contribution in [2.75, 3.05) is 0 Å². The van der Waals surface area contributed by atoms with Gasteiger partial charge < -0.3 is 5.11 Å². The Morgan fingerprint density at radius 1 is 1.00 bits per heavy atom. The molecule has 1 unspecified atom stereocenters. The van der Waals surface area contributed by atoms with E-state index in [4.69, 9.17) is 0 Å². The van der Waals surface area contributed by atoms with Crippen molar-refractivity contribution in [1.29, 1.82) is 0 Å². The van der Waals surface area contributed by atoms with Crippen LogP contribution in [0.4, 0.5) is 0 Å². The second-order valence-corrected chi connectivity index (χ2v) is 6.43. The molecule has 1 atom stereocenters. The zero-order valence-electron chi connectivity index (χ0n) is 11.6. The SMILES string of the molecule is CCCC(O)C1(C2CCCCC2)CCCCC1. The second-order valence-electron chi connectivity index (χ2n) is 6.43. The van der Waals surface area contributed by atoms with Crippen LogP contribution in [0.2, 0.25) is 0 Å². The van der Waals surface area contributed by atoms with E-state index >= 15 is 0 Å². The zero-order chi connectivity index (χ0) is 12.1. The molecule has 2 saturated carbocycles. The van der Waals surface area contributed by atoms with Crippen molar-refractivity contribution in [3.05, 3.63) is 0 Å². The first-order chi connectivity index (χ1) is 8.29. The van der Waals surface area contributed by atoms with Gasteiger partial charge in [0.15, 0.2) is 0 Å². The molecule has 2 aliphatic carbocycles. The fourth-order valence-electron chi connectivity index (χ4n) is 4.46. The fraction of sp³-hybridized carbons (Fsp3) is 1.00. The van der Waals surface area contributed by atoms with Gasteiger partial charge in [-0.05, 0) is 43.4 Å². The monoisotopic (exact) mass is 238 g/mol. The van der Waals surface area contributed by atoms with Gasteiger partial charge in [0.2, 0.25) is 0 Å². The largest absolute Gasteiger partial charge is 0.393 e. The first-order valence-corrected chi connectivity index (χ1v) is 7.97. The minimum absolute atomic E-state index is 0.0177. The predicted molar refractivity (Wildman–Crippen MR) is 73.0 cm³/mol. The summed E-state index contributed by atoms with van der Waals surface area (Å²) in [6.45, 7) is 2.21. The third-order valence-corrected chi connectivity index (χ3v) is 5.43. The Labute approximate surface area is 107 Å². The van der Waals surface area contributed by atoms with Gasteiger partial charge in [-0.2, -0.15) is 0 Å². The predicted octanol–water partition coefficient (Wildman–Crippen LogP) is 4.68. The average molecular weight is 238 g/mol. The van der Waals surface area contributed by atoms with E-state index in [0.717, 1.165) is 18.8 Å². The quantitative estimate of drug-likeness (QED) is 0.754. The Hall–Kier alpha value is -0.0400. The molecular formula is C16H30O. The third-order valence-electron chi connectivity index (χ3n) is 5.43. The molecule has 0 heterocycles. The number of rotatable bonds is 4. The van der Waals surface area contributed by atoms with Crippen molar-refractivity contribution in [1.82, 2.24) is 0 Å². The van der Waals surface area contributed by atoms with E-state index in [1.165, 1.54) is 64.2 Å². The van der Waals surface area contributed by atoms with E-state index in [0.29, 0.717) is 5.41 Å². The lowest BCUT2D eigenvalue weighted by Gasteiger charge is -2.48. The van der Waals surface area contributed by atoms with E-state index in [1.807, 2.05) is 0 Å². The summed E-state index contributed by atoms with van der Waals surface area (Å²) < 4.78 is 0. The maximum absolute atomic E-state index is 10.7. The molecule has 1 nitrogen and oxygen atoms in total. The fourth-order valence-corrected chi connectivity index (χ4v) is 4.46. The van der Waals surface area contributed by atoms with Crippen molar-refractivity contribution in [2.24, 2.45) is 11.3 Å². The van der Waals surface area contributed by atoms with Crippen LogP contribution < -0.4 is 0 Å². The van der Waals surface area contributed by atoms with Gasteiger partial charge in [0.1, 0.15) is 0 Å². The first-order valence-electron chi connectivity index (χ1n) is 7.97. The summed E-state index contributed by atoms with van der Waals surface area (Å²) in [6.07, 6.45) is 15.9. The highest BCUT2D eigenvalue weighted by Gasteiger charge is 2.44. The van der Waals surface area contributed by atoms with Crippen LogP contribution in [-0.4, -0.2) is 11.2 Å². The topological polar surface area (TPSA) is 20.2 Å². The van der Waals surface area contributed by atoms with Crippen LogP contribution >= 0.6 is 0 Å². The molecule has 0 aliphatic heterocycles. The Balaban J connectivity index is 2.09. The third kappa shape index (κ3) is 2.86. The van der Waals surface area contributed by atoms with Crippen LogP contribution in [0, 0.1) is 11.3 Å². The molecular weight excluding hydrogens is 208 g/mol. The van der Waals surface area contributed by atoms with Crippen molar-refractivity contribution >= 4 is 0 Å². The molecule has 0 spiro atoms. The van der Waals surface area contributed by atoms with E-state index < -0.39 is 0 Å². The van der Waals surface area contributed by atoms with Gasteiger partial charge in [-0.15, -0.1) is 0 Å². The molecule has 1 N–H and O–H groups in total. The molecule has 0 aromatic rings. The Kier molecular flexibility index (Phi) is 4.90. The molecule has 100 valence electrons. The molecule has 0 saturated heterocycles. The van der Waals surface area contributed by atoms with Gasteiger partial charge >= 0.3 is 0 Å². The zero-order valence-corrected chi connectivity index (χ0v) is 11.6. The van der Waals surface area contributed by atoms with Crippen LogP contribution in [-0.2, 0) is 0 Å². The molecule has 0 aromatic carbocycles. The van der Waals surface area contributed by atoms with Gasteiger partial charge in [-0.25, -0.2) is 0 Å². The first kappa shape index (κ1) is 13.4. The maximum atomic E-state index is 10.7. The molecule has 2 aliphatic rings. The van der Waals surface area contributed by atoms with Gasteiger partial charge in [-0.1, -0.05) is 51.9 Å². The van der Waals surface area contributed by atoms with E-state index in [2.05, 4.69) is 6.92 Å². The number of aliphatic hydroxyl groups is 1. The van der Waals surface area contributed by atoms with Crippen molar-refractivity contribution in [3.63, 3.8) is 0 Å². The lowest BCUT2D eigenvalue weighted by Crippen LogP contribution is -2.44. The average Bonchev–Trinajstić information content (AvgIpc) is 2.41. The maximum Gasteiger partial charge on any atom is 0.0599 e. The lowest BCUT2D eigenvalue weighted by molar-refractivity contribution is -0.0634. The van der Waals surface area contributed by atoms with Crippen molar-refractivity contribution < 1.29 is 5.11 Å². The van der Waals surface area contributed by atoms with Gasteiger partial charge in [0, 0.05) is 0 Å². The minimum atomic E-state index is -0.0177. The summed E-state index contributed by atoms with van der Waals surface area (Å²) in [4.78, 5) is 0. The summed E-state index contributed by atoms with van der Waals surface area (Å²) in [6, 6.07) is 0. The summed E-state index contributed by atoms with van der Waals surface area (Å²) in [5, 5.41) is 10.7.